The van der Waals surface area contributed by atoms with Gasteiger partial charge < -0.3 is 10.2 Å². The Labute approximate surface area is 164 Å². The van der Waals surface area contributed by atoms with Crippen molar-refractivity contribution in [3.63, 3.8) is 0 Å². The second-order valence-corrected chi connectivity index (χ2v) is 8.00. The Morgan fingerprint density at radius 2 is 1.96 bits per heavy atom. The summed E-state index contributed by atoms with van der Waals surface area (Å²) in [5.74, 6) is 0.0528. The Balaban J connectivity index is 1.63. The Bertz CT molecular complexity index is 744. The van der Waals surface area contributed by atoms with Gasteiger partial charge in [-0.3, -0.25) is 14.5 Å². The molecule has 1 aliphatic heterocycles. The summed E-state index contributed by atoms with van der Waals surface area (Å²) in [4.78, 5) is 40.4. The summed E-state index contributed by atoms with van der Waals surface area (Å²) in [6.07, 6.45) is 4.24. The molecule has 1 saturated heterocycles. The van der Waals surface area contributed by atoms with Crippen molar-refractivity contribution < 1.29 is 14.4 Å². The molecule has 2 aliphatic rings. The molecule has 1 aromatic carbocycles. The van der Waals surface area contributed by atoms with Crippen LogP contribution >= 0.6 is 11.6 Å². The van der Waals surface area contributed by atoms with E-state index < -0.39 is 11.6 Å². The maximum absolute atomic E-state index is 12.9. The van der Waals surface area contributed by atoms with Gasteiger partial charge >= 0.3 is 6.03 Å². The highest BCUT2D eigenvalue weighted by atomic mass is 35.5. The van der Waals surface area contributed by atoms with Crippen LogP contribution in [0.15, 0.2) is 24.3 Å². The number of imide groups is 1. The van der Waals surface area contributed by atoms with Crippen molar-refractivity contribution in [3.05, 3.63) is 34.9 Å². The lowest BCUT2D eigenvalue weighted by Crippen LogP contribution is -2.50. The van der Waals surface area contributed by atoms with Crippen LogP contribution in [0.2, 0.25) is 5.02 Å². The predicted molar refractivity (Wildman–Crippen MR) is 103 cm³/mol. The molecule has 0 radical (unpaired) electrons. The molecule has 0 unspecified atom stereocenters. The monoisotopic (exact) mass is 391 g/mol. The number of benzene rings is 1. The Hall–Kier alpha value is -2.08. The van der Waals surface area contributed by atoms with Crippen molar-refractivity contribution in [2.75, 3.05) is 13.6 Å². The Morgan fingerprint density at radius 1 is 1.30 bits per heavy atom. The summed E-state index contributed by atoms with van der Waals surface area (Å²) in [5.41, 5.74) is 0.00577. The van der Waals surface area contributed by atoms with Crippen LogP contribution in [-0.4, -0.2) is 46.8 Å². The molecule has 0 atom stereocenters. The second kappa shape index (κ2) is 7.89. The van der Waals surface area contributed by atoms with Gasteiger partial charge in [-0.15, -0.1) is 0 Å². The van der Waals surface area contributed by atoms with E-state index in [2.05, 4.69) is 12.2 Å². The summed E-state index contributed by atoms with van der Waals surface area (Å²) in [6, 6.07) is 6.83. The number of carbonyl (C=O) groups excluding carboxylic acids is 3. The molecule has 0 aromatic heterocycles. The van der Waals surface area contributed by atoms with Crippen LogP contribution in [0.25, 0.3) is 0 Å². The molecule has 2 fully saturated rings. The topological polar surface area (TPSA) is 69.7 Å². The van der Waals surface area contributed by atoms with Gasteiger partial charge in [-0.25, -0.2) is 4.79 Å². The smallest absolute Gasteiger partial charge is 0.325 e. The van der Waals surface area contributed by atoms with Crippen molar-refractivity contribution in [1.29, 1.82) is 0 Å². The lowest BCUT2D eigenvalue weighted by molar-refractivity contribution is -0.139. The molecule has 3 rings (SSSR count). The first kappa shape index (κ1) is 19.7. The highest BCUT2D eigenvalue weighted by molar-refractivity contribution is 6.31. The summed E-state index contributed by atoms with van der Waals surface area (Å²) in [7, 11) is 1.65. The van der Waals surface area contributed by atoms with Crippen molar-refractivity contribution in [2.24, 2.45) is 5.92 Å². The van der Waals surface area contributed by atoms with E-state index in [-0.39, 0.29) is 18.4 Å². The van der Waals surface area contributed by atoms with Gasteiger partial charge in [0.05, 0.1) is 0 Å². The zero-order chi connectivity index (χ0) is 19.6. The van der Waals surface area contributed by atoms with Crippen molar-refractivity contribution >= 4 is 29.4 Å². The van der Waals surface area contributed by atoms with Crippen LogP contribution in [0.5, 0.6) is 0 Å². The van der Waals surface area contributed by atoms with Crippen molar-refractivity contribution in [3.8, 4) is 0 Å². The number of likely N-dealkylation sites (N-methyl/N-ethyl adjacent to an activating group) is 1. The molecule has 1 spiro atoms. The van der Waals surface area contributed by atoms with Gasteiger partial charge in [0.1, 0.15) is 12.1 Å². The van der Waals surface area contributed by atoms with Gasteiger partial charge in [-0.05, 0) is 43.2 Å². The van der Waals surface area contributed by atoms with Gasteiger partial charge in [0.25, 0.3) is 5.91 Å². The van der Waals surface area contributed by atoms with Gasteiger partial charge in [0, 0.05) is 18.6 Å². The molecule has 7 heteroatoms. The first-order chi connectivity index (χ1) is 12.9. The minimum atomic E-state index is -0.815. The van der Waals surface area contributed by atoms with Gasteiger partial charge in [-0.1, -0.05) is 43.1 Å². The first-order valence-corrected chi connectivity index (χ1v) is 9.85. The molecule has 1 aromatic rings. The normalized spacial score (nSPS) is 25.0. The summed E-state index contributed by atoms with van der Waals surface area (Å²) in [5, 5.41) is 3.44. The second-order valence-electron chi connectivity index (χ2n) is 7.60. The standard InChI is InChI=1S/C20H26ClN3O3/c1-3-14-8-10-20(11-9-14)18(26)24(19(27)22-20)13-17(25)23(2)12-15-6-4-5-7-16(15)21/h4-7,14H,3,8-13H2,1-2H3,(H,22,27). The highest BCUT2D eigenvalue weighted by Gasteiger charge is 2.52. The fourth-order valence-corrected chi connectivity index (χ4v) is 4.16. The third-order valence-electron chi connectivity index (χ3n) is 5.87. The van der Waals surface area contributed by atoms with Crippen molar-refractivity contribution in [2.45, 2.75) is 51.1 Å². The number of halogens is 1. The number of nitrogens with zero attached hydrogens (tertiary/aromatic N) is 2. The maximum atomic E-state index is 12.9. The summed E-state index contributed by atoms with van der Waals surface area (Å²) in [6.45, 7) is 2.23. The van der Waals surface area contributed by atoms with E-state index in [1.807, 2.05) is 18.2 Å². The number of amides is 4. The maximum Gasteiger partial charge on any atom is 0.325 e. The Morgan fingerprint density at radius 3 is 2.59 bits per heavy atom. The molecular formula is C20H26ClN3O3. The van der Waals surface area contributed by atoms with Crippen LogP contribution in [0.1, 0.15) is 44.6 Å². The number of hydrogen-bond acceptors (Lipinski definition) is 3. The number of rotatable bonds is 5. The number of hydrogen-bond donors (Lipinski definition) is 1. The molecule has 27 heavy (non-hydrogen) atoms. The van der Waals surface area contributed by atoms with E-state index in [0.717, 1.165) is 29.7 Å². The van der Waals surface area contributed by atoms with Crippen LogP contribution in [0.4, 0.5) is 4.79 Å². The Kier molecular flexibility index (Phi) is 5.75. The molecule has 1 heterocycles. The van der Waals surface area contributed by atoms with E-state index in [4.69, 9.17) is 11.6 Å². The van der Waals surface area contributed by atoms with Crippen LogP contribution in [0.3, 0.4) is 0 Å². The van der Waals surface area contributed by atoms with E-state index in [9.17, 15) is 14.4 Å². The third-order valence-corrected chi connectivity index (χ3v) is 6.24. The zero-order valence-electron chi connectivity index (χ0n) is 15.8. The quantitative estimate of drug-likeness (QED) is 0.783. The SMILES string of the molecule is CCC1CCC2(CC1)NC(=O)N(CC(=O)N(C)Cc1ccccc1Cl)C2=O. The fourth-order valence-electron chi connectivity index (χ4n) is 3.96. The highest BCUT2D eigenvalue weighted by Crippen LogP contribution is 2.37. The van der Waals surface area contributed by atoms with Crippen LogP contribution in [-0.2, 0) is 16.1 Å². The van der Waals surface area contributed by atoms with E-state index in [1.165, 1.54) is 4.90 Å². The first-order valence-electron chi connectivity index (χ1n) is 9.48. The van der Waals surface area contributed by atoms with Gasteiger partial charge in [0.15, 0.2) is 0 Å². The minimum absolute atomic E-state index is 0.245. The molecular weight excluding hydrogens is 366 g/mol. The molecule has 6 nitrogen and oxygen atoms in total. The molecule has 146 valence electrons. The summed E-state index contributed by atoms with van der Waals surface area (Å²) < 4.78 is 0. The van der Waals surface area contributed by atoms with E-state index in [0.29, 0.717) is 30.3 Å². The lowest BCUT2D eigenvalue weighted by atomic mass is 9.75. The minimum Gasteiger partial charge on any atom is -0.340 e. The summed E-state index contributed by atoms with van der Waals surface area (Å²) >= 11 is 6.14. The fraction of sp³-hybridized carbons (Fsp3) is 0.550. The third kappa shape index (κ3) is 3.95. The number of nitrogens with one attached hydrogen (secondary N) is 1. The predicted octanol–water partition coefficient (Wildman–Crippen LogP) is 3.19. The molecule has 1 N–H and O–H groups in total. The molecule has 0 bridgehead atoms. The molecule has 1 aliphatic carbocycles. The van der Waals surface area contributed by atoms with E-state index in [1.54, 1.807) is 13.1 Å². The number of urea groups is 1. The van der Waals surface area contributed by atoms with Gasteiger partial charge in [-0.2, -0.15) is 0 Å². The van der Waals surface area contributed by atoms with E-state index >= 15 is 0 Å². The number of carbonyl (C=O) groups is 3. The van der Waals surface area contributed by atoms with Crippen molar-refractivity contribution in [1.82, 2.24) is 15.1 Å². The molecule has 4 amide bonds. The van der Waals surface area contributed by atoms with Crippen LogP contribution in [0, 0.1) is 5.92 Å². The van der Waals surface area contributed by atoms with Crippen LogP contribution < -0.4 is 5.32 Å². The largest absolute Gasteiger partial charge is 0.340 e. The average molecular weight is 392 g/mol. The lowest BCUT2D eigenvalue weighted by Gasteiger charge is -2.34. The van der Waals surface area contributed by atoms with Gasteiger partial charge in [0.2, 0.25) is 5.91 Å². The molecule has 1 saturated carbocycles. The average Bonchev–Trinajstić information content (AvgIpc) is 2.88. The zero-order valence-corrected chi connectivity index (χ0v) is 16.6.